The Bertz CT molecular complexity index is 471. The van der Waals surface area contributed by atoms with Crippen LogP contribution in [0.5, 0.6) is 0 Å². The van der Waals surface area contributed by atoms with E-state index in [9.17, 15) is 13.2 Å². The summed E-state index contributed by atoms with van der Waals surface area (Å²) in [4.78, 5) is 11.6. The van der Waals surface area contributed by atoms with Gasteiger partial charge in [-0.2, -0.15) is 4.72 Å². The molecule has 94 valence electrons. The van der Waals surface area contributed by atoms with Gasteiger partial charge < -0.3 is 5.32 Å². The van der Waals surface area contributed by atoms with Crippen LogP contribution in [0.2, 0.25) is 0 Å². The molecule has 0 aliphatic rings. The van der Waals surface area contributed by atoms with Crippen LogP contribution in [-0.2, 0) is 14.8 Å². The first-order chi connectivity index (χ1) is 7.97. The number of amides is 1. The van der Waals surface area contributed by atoms with Gasteiger partial charge in [0.1, 0.15) is 0 Å². The third-order valence-electron chi connectivity index (χ3n) is 2.13. The van der Waals surface area contributed by atoms with Crippen molar-refractivity contribution in [2.75, 3.05) is 6.54 Å². The van der Waals surface area contributed by atoms with Crippen LogP contribution in [0.25, 0.3) is 0 Å². The molecule has 6 heteroatoms. The highest BCUT2D eigenvalue weighted by Gasteiger charge is 2.20. The predicted octanol–water partition coefficient (Wildman–Crippen LogP) is 0.489. The van der Waals surface area contributed by atoms with E-state index in [0.717, 1.165) is 0 Å². The van der Waals surface area contributed by atoms with E-state index < -0.39 is 16.1 Å². The lowest BCUT2D eigenvalue weighted by molar-refractivity contribution is -0.122. The molecule has 1 amide bonds. The van der Waals surface area contributed by atoms with E-state index in [2.05, 4.69) is 10.0 Å². The van der Waals surface area contributed by atoms with Crippen LogP contribution in [-0.4, -0.2) is 26.9 Å². The highest BCUT2D eigenvalue weighted by atomic mass is 32.2. The fourth-order valence-electron chi connectivity index (χ4n) is 1.28. The minimum atomic E-state index is -3.63. The van der Waals surface area contributed by atoms with Crippen molar-refractivity contribution in [1.29, 1.82) is 0 Å². The maximum absolute atomic E-state index is 11.9. The molecule has 0 bridgehead atoms. The Labute approximate surface area is 101 Å². The van der Waals surface area contributed by atoms with Crippen molar-refractivity contribution in [2.45, 2.75) is 24.8 Å². The lowest BCUT2D eigenvalue weighted by Crippen LogP contribution is -2.44. The smallest absolute Gasteiger partial charge is 0.241 e. The summed E-state index contributed by atoms with van der Waals surface area (Å²) in [6.45, 7) is 3.75. The summed E-state index contributed by atoms with van der Waals surface area (Å²) in [5.41, 5.74) is 0. The van der Waals surface area contributed by atoms with Gasteiger partial charge in [0.05, 0.1) is 10.9 Å². The quantitative estimate of drug-likeness (QED) is 0.805. The third kappa shape index (κ3) is 3.83. The lowest BCUT2D eigenvalue weighted by Gasteiger charge is -2.13. The summed E-state index contributed by atoms with van der Waals surface area (Å²) in [5, 5.41) is 2.55. The average molecular weight is 256 g/mol. The second kappa shape index (κ2) is 5.79. The number of hydrogen-bond acceptors (Lipinski definition) is 3. The van der Waals surface area contributed by atoms with E-state index in [-0.39, 0.29) is 10.8 Å². The van der Waals surface area contributed by atoms with E-state index in [4.69, 9.17) is 0 Å². The maximum Gasteiger partial charge on any atom is 0.241 e. The molecule has 0 saturated carbocycles. The third-order valence-corrected chi connectivity index (χ3v) is 3.69. The number of carbonyl (C=O) groups is 1. The van der Waals surface area contributed by atoms with Crippen molar-refractivity contribution >= 4 is 15.9 Å². The minimum Gasteiger partial charge on any atom is -0.355 e. The molecule has 2 N–H and O–H groups in total. The Hall–Kier alpha value is -1.40. The van der Waals surface area contributed by atoms with Crippen LogP contribution in [0, 0.1) is 0 Å². The van der Waals surface area contributed by atoms with E-state index in [1.54, 1.807) is 25.1 Å². The molecule has 5 nitrogen and oxygen atoms in total. The molecule has 1 aromatic carbocycles. The molecular weight excluding hydrogens is 240 g/mol. The van der Waals surface area contributed by atoms with Crippen molar-refractivity contribution in [3.05, 3.63) is 30.3 Å². The molecule has 0 aromatic heterocycles. The minimum absolute atomic E-state index is 0.149. The first-order valence-corrected chi connectivity index (χ1v) is 6.80. The zero-order chi connectivity index (χ0) is 12.9. The number of carbonyl (C=O) groups excluding carboxylic acids is 1. The summed E-state index contributed by atoms with van der Waals surface area (Å²) in [6.07, 6.45) is 0. The largest absolute Gasteiger partial charge is 0.355 e. The zero-order valence-electron chi connectivity index (χ0n) is 9.80. The number of sulfonamides is 1. The van der Waals surface area contributed by atoms with Gasteiger partial charge in [-0.3, -0.25) is 4.79 Å². The summed E-state index contributed by atoms with van der Waals surface area (Å²) in [5.74, 6) is -0.341. The highest BCUT2D eigenvalue weighted by molar-refractivity contribution is 7.89. The molecule has 1 aromatic rings. The van der Waals surface area contributed by atoms with Crippen LogP contribution in [0.4, 0.5) is 0 Å². The second-order valence-electron chi connectivity index (χ2n) is 3.55. The fourth-order valence-corrected chi connectivity index (χ4v) is 2.51. The topological polar surface area (TPSA) is 75.3 Å². The van der Waals surface area contributed by atoms with Crippen molar-refractivity contribution in [3.63, 3.8) is 0 Å². The van der Waals surface area contributed by atoms with Crippen molar-refractivity contribution in [3.8, 4) is 0 Å². The Balaban J connectivity index is 2.78. The molecule has 0 spiro atoms. The summed E-state index contributed by atoms with van der Waals surface area (Å²) in [7, 11) is -3.63. The molecule has 1 unspecified atom stereocenters. The van der Waals surface area contributed by atoms with Gasteiger partial charge >= 0.3 is 0 Å². The Morgan fingerprint density at radius 2 is 1.88 bits per heavy atom. The van der Waals surface area contributed by atoms with Crippen LogP contribution in [0.3, 0.4) is 0 Å². The molecule has 1 rings (SSSR count). The number of likely N-dealkylation sites (N-methyl/N-ethyl adjacent to an activating group) is 1. The van der Waals surface area contributed by atoms with Gasteiger partial charge in [0.25, 0.3) is 0 Å². The highest BCUT2D eigenvalue weighted by Crippen LogP contribution is 2.07. The van der Waals surface area contributed by atoms with Gasteiger partial charge in [-0.15, -0.1) is 0 Å². The molecule has 0 aliphatic heterocycles. The number of hydrogen-bond donors (Lipinski definition) is 2. The van der Waals surface area contributed by atoms with E-state index in [1.165, 1.54) is 19.1 Å². The van der Waals surface area contributed by atoms with Crippen LogP contribution < -0.4 is 10.0 Å². The van der Waals surface area contributed by atoms with Crippen LogP contribution in [0.1, 0.15) is 13.8 Å². The predicted molar refractivity (Wildman–Crippen MR) is 64.9 cm³/mol. The molecule has 0 radical (unpaired) electrons. The van der Waals surface area contributed by atoms with Gasteiger partial charge in [0, 0.05) is 6.54 Å². The Morgan fingerprint density at radius 3 is 2.41 bits per heavy atom. The summed E-state index contributed by atoms with van der Waals surface area (Å²) >= 11 is 0. The van der Waals surface area contributed by atoms with Gasteiger partial charge in [-0.05, 0) is 26.0 Å². The summed E-state index contributed by atoms with van der Waals surface area (Å²) < 4.78 is 26.0. The standard InChI is InChI=1S/C11H16N2O3S/c1-3-12-11(14)9(2)13-17(15,16)10-7-5-4-6-8-10/h4-9,13H,3H2,1-2H3,(H,12,14). The van der Waals surface area contributed by atoms with Crippen molar-refractivity contribution in [1.82, 2.24) is 10.0 Å². The Morgan fingerprint density at radius 1 is 1.29 bits per heavy atom. The summed E-state index contributed by atoms with van der Waals surface area (Å²) in [6, 6.07) is 7.16. The molecule has 0 heterocycles. The molecule has 17 heavy (non-hydrogen) atoms. The maximum atomic E-state index is 11.9. The number of benzene rings is 1. The van der Waals surface area contributed by atoms with Crippen LogP contribution >= 0.6 is 0 Å². The van der Waals surface area contributed by atoms with Crippen molar-refractivity contribution in [2.24, 2.45) is 0 Å². The van der Waals surface area contributed by atoms with Gasteiger partial charge in [0.15, 0.2) is 0 Å². The zero-order valence-corrected chi connectivity index (χ0v) is 10.6. The molecule has 0 fully saturated rings. The monoisotopic (exact) mass is 256 g/mol. The average Bonchev–Trinajstić information content (AvgIpc) is 2.30. The first kappa shape index (κ1) is 13.7. The first-order valence-electron chi connectivity index (χ1n) is 5.32. The normalized spacial score (nSPS) is 13.1. The molecule has 1 atom stereocenters. The van der Waals surface area contributed by atoms with Gasteiger partial charge in [-0.25, -0.2) is 8.42 Å². The van der Waals surface area contributed by atoms with E-state index in [1.807, 2.05) is 0 Å². The van der Waals surface area contributed by atoms with E-state index in [0.29, 0.717) is 6.54 Å². The van der Waals surface area contributed by atoms with Crippen LogP contribution in [0.15, 0.2) is 35.2 Å². The second-order valence-corrected chi connectivity index (χ2v) is 5.26. The van der Waals surface area contributed by atoms with E-state index >= 15 is 0 Å². The SMILES string of the molecule is CCNC(=O)C(C)NS(=O)(=O)c1ccccc1. The molecular formula is C11H16N2O3S. The molecule has 0 saturated heterocycles. The van der Waals surface area contributed by atoms with Gasteiger partial charge in [-0.1, -0.05) is 18.2 Å². The number of nitrogens with one attached hydrogen (secondary N) is 2. The lowest BCUT2D eigenvalue weighted by atomic mass is 10.3. The van der Waals surface area contributed by atoms with Crippen molar-refractivity contribution < 1.29 is 13.2 Å². The molecule has 0 aliphatic carbocycles. The Kier molecular flexibility index (Phi) is 4.65. The van der Waals surface area contributed by atoms with Gasteiger partial charge in [0.2, 0.25) is 15.9 Å². The number of rotatable bonds is 5. The fraction of sp³-hybridized carbons (Fsp3) is 0.364.